The lowest BCUT2D eigenvalue weighted by atomic mass is 9.90. The Morgan fingerprint density at radius 3 is 2.54 bits per heavy atom. The average molecular weight is 375 g/mol. The topological polar surface area (TPSA) is 73.1 Å². The van der Waals surface area contributed by atoms with Gasteiger partial charge >= 0.3 is 0 Å². The number of nitrogens with zero attached hydrogens (tertiary/aromatic N) is 5. The van der Waals surface area contributed by atoms with E-state index in [2.05, 4.69) is 45.2 Å². The van der Waals surface area contributed by atoms with Gasteiger partial charge in [-0.15, -0.1) is 0 Å². The Balaban J connectivity index is 1.38. The summed E-state index contributed by atoms with van der Waals surface area (Å²) in [6.07, 6.45) is 3.05. The van der Waals surface area contributed by atoms with Crippen molar-refractivity contribution in [2.75, 3.05) is 31.1 Å². The van der Waals surface area contributed by atoms with Crippen LogP contribution in [0.15, 0.2) is 36.4 Å². The summed E-state index contributed by atoms with van der Waals surface area (Å²) in [7, 11) is 0. The lowest BCUT2D eigenvalue weighted by Gasteiger charge is -2.35. The quantitative estimate of drug-likeness (QED) is 0.803. The first-order chi connectivity index (χ1) is 13.6. The fourth-order valence-electron chi connectivity index (χ4n) is 3.98. The zero-order valence-electron chi connectivity index (χ0n) is 16.2. The fraction of sp³-hybridized carbons (Fsp3) is 0.455. The Morgan fingerprint density at radius 2 is 1.89 bits per heavy atom. The molecule has 1 saturated carbocycles. The second-order valence-electron chi connectivity index (χ2n) is 7.73. The Kier molecular flexibility index (Phi) is 5.25. The minimum atomic E-state index is 0.239. The molecule has 144 valence electrons. The lowest BCUT2D eigenvalue weighted by molar-refractivity contribution is -0.132. The van der Waals surface area contributed by atoms with E-state index in [9.17, 15) is 4.79 Å². The molecule has 0 spiro atoms. The highest BCUT2D eigenvalue weighted by Gasteiger charge is 2.35. The van der Waals surface area contributed by atoms with Gasteiger partial charge in [0.1, 0.15) is 11.8 Å². The van der Waals surface area contributed by atoms with Crippen LogP contribution in [0.3, 0.4) is 0 Å². The van der Waals surface area contributed by atoms with Gasteiger partial charge in [-0.25, -0.2) is 9.97 Å². The third-order valence-corrected chi connectivity index (χ3v) is 5.69. The number of piperazine rings is 1. The van der Waals surface area contributed by atoms with Crippen LogP contribution in [0.25, 0.3) is 0 Å². The number of aryl methyl sites for hydroxylation is 1. The summed E-state index contributed by atoms with van der Waals surface area (Å²) in [6.45, 7) is 4.60. The number of hydrogen-bond acceptors (Lipinski definition) is 5. The van der Waals surface area contributed by atoms with Crippen molar-refractivity contribution < 1.29 is 4.79 Å². The van der Waals surface area contributed by atoms with Crippen molar-refractivity contribution in [3.05, 3.63) is 53.3 Å². The normalized spacial score (nSPS) is 17.9. The molecule has 1 saturated heterocycles. The van der Waals surface area contributed by atoms with E-state index in [1.165, 1.54) is 18.4 Å². The molecule has 2 heterocycles. The van der Waals surface area contributed by atoms with Crippen molar-refractivity contribution >= 4 is 11.9 Å². The first kappa shape index (κ1) is 18.4. The Morgan fingerprint density at radius 1 is 1.18 bits per heavy atom. The summed E-state index contributed by atoms with van der Waals surface area (Å²) in [5, 5.41) is 9.12. The van der Waals surface area contributed by atoms with Crippen LogP contribution in [0.4, 0.5) is 5.95 Å². The Hall–Kier alpha value is -2.94. The van der Waals surface area contributed by atoms with Crippen LogP contribution in [-0.4, -0.2) is 47.0 Å². The first-order valence-electron chi connectivity index (χ1n) is 9.97. The van der Waals surface area contributed by atoms with Crippen LogP contribution < -0.4 is 4.90 Å². The summed E-state index contributed by atoms with van der Waals surface area (Å²) in [5.74, 6) is 1.81. The predicted octanol–water partition coefficient (Wildman–Crippen LogP) is 2.89. The molecule has 4 rings (SSSR count). The third-order valence-electron chi connectivity index (χ3n) is 5.69. The molecule has 0 radical (unpaired) electrons. The molecule has 28 heavy (non-hydrogen) atoms. The van der Waals surface area contributed by atoms with Gasteiger partial charge in [0.05, 0.1) is 0 Å². The summed E-state index contributed by atoms with van der Waals surface area (Å²) in [6, 6.07) is 14.2. The number of anilines is 1. The van der Waals surface area contributed by atoms with Gasteiger partial charge in [0, 0.05) is 38.3 Å². The highest BCUT2D eigenvalue weighted by molar-refractivity contribution is 5.77. The average Bonchev–Trinajstić information content (AvgIpc) is 3.57. The molecule has 1 atom stereocenters. The van der Waals surface area contributed by atoms with Crippen molar-refractivity contribution in [3.8, 4) is 6.07 Å². The van der Waals surface area contributed by atoms with Gasteiger partial charge in [0.25, 0.3) is 0 Å². The number of benzene rings is 1. The van der Waals surface area contributed by atoms with Crippen LogP contribution in [-0.2, 0) is 4.79 Å². The van der Waals surface area contributed by atoms with Crippen LogP contribution in [0.5, 0.6) is 0 Å². The zero-order valence-corrected chi connectivity index (χ0v) is 16.2. The summed E-state index contributed by atoms with van der Waals surface area (Å²) < 4.78 is 0. The SMILES string of the molecule is Cc1cc(C#N)nc(N2CCN(C(=O)CC(c3ccccc3)C3CC3)CC2)n1. The Labute approximate surface area is 165 Å². The molecular formula is C22H25N5O. The Bertz CT molecular complexity index is 880. The molecule has 2 aromatic rings. The van der Waals surface area contributed by atoms with E-state index in [1.807, 2.05) is 17.9 Å². The smallest absolute Gasteiger partial charge is 0.226 e. The molecular weight excluding hydrogens is 350 g/mol. The largest absolute Gasteiger partial charge is 0.339 e. The highest BCUT2D eigenvalue weighted by atomic mass is 16.2. The van der Waals surface area contributed by atoms with Crippen LogP contribution in [0.1, 0.15) is 42.1 Å². The number of carbonyl (C=O) groups is 1. The van der Waals surface area contributed by atoms with Crippen molar-refractivity contribution in [1.29, 1.82) is 5.26 Å². The van der Waals surface area contributed by atoms with Gasteiger partial charge in [-0.1, -0.05) is 30.3 Å². The van der Waals surface area contributed by atoms with E-state index in [-0.39, 0.29) is 5.91 Å². The number of hydrogen-bond donors (Lipinski definition) is 0. The molecule has 0 bridgehead atoms. The van der Waals surface area contributed by atoms with Crippen LogP contribution in [0, 0.1) is 24.2 Å². The van der Waals surface area contributed by atoms with Crippen molar-refractivity contribution in [3.63, 3.8) is 0 Å². The molecule has 6 nitrogen and oxygen atoms in total. The molecule has 0 N–H and O–H groups in total. The van der Waals surface area contributed by atoms with Crippen molar-refractivity contribution in [2.45, 2.75) is 32.1 Å². The molecule has 1 aliphatic heterocycles. The molecule has 1 aromatic carbocycles. The van der Waals surface area contributed by atoms with Gasteiger partial charge in [-0.3, -0.25) is 4.79 Å². The number of carbonyl (C=O) groups excluding carboxylic acids is 1. The minimum Gasteiger partial charge on any atom is -0.339 e. The molecule has 1 aliphatic carbocycles. The molecule has 1 amide bonds. The molecule has 1 unspecified atom stereocenters. The van der Waals surface area contributed by atoms with E-state index >= 15 is 0 Å². The van der Waals surface area contributed by atoms with Gasteiger partial charge < -0.3 is 9.80 Å². The minimum absolute atomic E-state index is 0.239. The maximum atomic E-state index is 12.9. The first-order valence-corrected chi connectivity index (χ1v) is 9.97. The van der Waals surface area contributed by atoms with Crippen molar-refractivity contribution in [2.24, 2.45) is 5.92 Å². The fourth-order valence-corrected chi connectivity index (χ4v) is 3.98. The number of nitriles is 1. The molecule has 2 fully saturated rings. The molecule has 2 aliphatic rings. The van der Waals surface area contributed by atoms with E-state index in [0.29, 0.717) is 56.1 Å². The third kappa shape index (κ3) is 4.14. The number of amides is 1. The van der Waals surface area contributed by atoms with Crippen molar-refractivity contribution in [1.82, 2.24) is 14.9 Å². The second-order valence-corrected chi connectivity index (χ2v) is 7.73. The van der Waals surface area contributed by atoms with Crippen LogP contribution in [0.2, 0.25) is 0 Å². The summed E-state index contributed by atoms with van der Waals surface area (Å²) in [4.78, 5) is 25.7. The van der Waals surface area contributed by atoms with Gasteiger partial charge in [-0.2, -0.15) is 5.26 Å². The second kappa shape index (κ2) is 7.97. The van der Waals surface area contributed by atoms with E-state index in [4.69, 9.17) is 5.26 Å². The van der Waals surface area contributed by atoms with E-state index < -0.39 is 0 Å². The molecule has 6 heteroatoms. The standard InChI is InChI=1S/C22H25N5O/c1-16-13-19(15-23)25-22(24-16)27-11-9-26(10-12-27)21(28)14-20(18-7-8-18)17-5-3-2-4-6-17/h2-6,13,18,20H,7-12,14H2,1H3. The molecule has 1 aromatic heterocycles. The van der Waals surface area contributed by atoms with Gasteiger partial charge in [0.15, 0.2) is 0 Å². The number of aromatic nitrogens is 2. The number of rotatable bonds is 5. The predicted molar refractivity (Wildman–Crippen MR) is 107 cm³/mol. The van der Waals surface area contributed by atoms with Crippen LogP contribution >= 0.6 is 0 Å². The van der Waals surface area contributed by atoms with Gasteiger partial charge in [0.2, 0.25) is 11.9 Å². The lowest BCUT2D eigenvalue weighted by Crippen LogP contribution is -2.49. The summed E-state index contributed by atoms with van der Waals surface area (Å²) in [5.41, 5.74) is 2.46. The van der Waals surface area contributed by atoms with E-state index in [1.54, 1.807) is 6.07 Å². The highest BCUT2D eigenvalue weighted by Crippen LogP contribution is 2.44. The van der Waals surface area contributed by atoms with E-state index in [0.717, 1.165) is 5.69 Å². The maximum absolute atomic E-state index is 12.9. The zero-order chi connectivity index (χ0) is 19.5. The maximum Gasteiger partial charge on any atom is 0.226 e. The van der Waals surface area contributed by atoms with Gasteiger partial charge in [-0.05, 0) is 43.2 Å². The monoisotopic (exact) mass is 375 g/mol. The summed E-state index contributed by atoms with van der Waals surface area (Å²) >= 11 is 0.